The lowest BCUT2D eigenvalue weighted by Gasteiger charge is -2.07. The largest absolute Gasteiger partial charge is 0.0961 e. The Hall–Kier alpha value is -1.04. The van der Waals surface area contributed by atoms with E-state index in [9.17, 15) is 0 Å². The van der Waals surface area contributed by atoms with Gasteiger partial charge in [-0.1, -0.05) is 56.7 Å². The molecule has 0 atom stereocenters. The first-order valence-electron chi connectivity index (χ1n) is 5.84. The van der Waals surface area contributed by atoms with Crippen molar-refractivity contribution in [3.05, 3.63) is 47.6 Å². The van der Waals surface area contributed by atoms with Gasteiger partial charge in [0.1, 0.15) is 0 Å². The molecule has 0 spiro atoms. The summed E-state index contributed by atoms with van der Waals surface area (Å²) in [6.45, 7) is 12.4. The maximum absolute atomic E-state index is 3.88. The van der Waals surface area contributed by atoms with Gasteiger partial charge in [-0.15, -0.1) is 0 Å². The van der Waals surface area contributed by atoms with Gasteiger partial charge in [0.2, 0.25) is 0 Å². The molecule has 0 heterocycles. The summed E-state index contributed by atoms with van der Waals surface area (Å²) in [4.78, 5) is 0. The second-order valence-corrected chi connectivity index (χ2v) is 3.81. The summed E-state index contributed by atoms with van der Waals surface area (Å²) in [5, 5.41) is 0. The average molecular weight is 204 g/mol. The molecule has 0 aliphatic carbocycles. The molecule has 0 amide bonds. The van der Waals surface area contributed by atoms with E-state index in [0.29, 0.717) is 0 Å². The van der Waals surface area contributed by atoms with E-state index in [4.69, 9.17) is 0 Å². The second kappa shape index (κ2) is 8.28. The van der Waals surface area contributed by atoms with Gasteiger partial charge in [-0.05, 0) is 37.8 Å². The third-order valence-corrected chi connectivity index (χ3v) is 2.20. The summed E-state index contributed by atoms with van der Waals surface area (Å²) < 4.78 is 0. The molecule has 0 aromatic rings. The van der Waals surface area contributed by atoms with Crippen molar-refractivity contribution in [2.24, 2.45) is 0 Å². The maximum atomic E-state index is 3.88. The van der Waals surface area contributed by atoms with Gasteiger partial charge < -0.3 is 0 Å². The first kappa shape index (κ1) is 14.0. The van der Waals surface area contributed by atoms with Crippen LogP contribution in [0.2, 0.25) is 0 Å². The second-order valence-electron chi connectivity index (χ2n) is 3.81. The fourth-order valence-electron chi connectivity index (χ4n) is 1.50. The highest BCUT2D eigenvalue weighted by atomic mass is 14.0. The minimum absolute atomic E-state index is 1.10. The Labute approximate surface area is 95.1 Å². The molecule has 84 valence electrons. The topological polar surface area (TPSA) is 0 Å². The van der Waals surface area contributed by atoms with Gasteiger partial charge in [-0.3, -0.25) is 0 Å². The SMILES string of the molecule is C=C(C)\C=C/C(=C\C)C(=C/CC)/CCC. The fourth-order valence-corrected chi connectivity index (χ4v) is 1.50. The van der Waals surface area contributed by atoms with Gasteiger partial charge in [-0.2, -0.15) is 0 Å². The fraction of sp³-hybridized carbons (Fsp3) is 0.467. The summed E-state index contributed by atoms with van der Waals surface area (Å²) >= 11 is 0. The van der Waals surface area contributed by atoms with Gasteiger partial charge in [0, 0.05) is 0 Å². The highest BCUT2D eigenvalue weighted by molar-refractivity contribution is 5.41. The van der Waals surface area contributed by atoms with Crippen LogP contribution in [0.1, 0.15) is 47.0 Å². The molecule has 0 rings (SSSR count). The Kier molecular flexibility index (Phi) is 7.71. The van der Waals surface area contributed by atoms with Gasteiger partial charge in [0.15, 0.2) is 0 Å². The molecule has 0 unspecified atom stereocenters. The first-order valence-corrected chi connectivity index (χ1v) is 5.84. The molecule has 0 bridgehead atoms. The molecule has 0 nitrogen and oxygen atoms in total. The molecule has 0 heteroatoms. The van der Waals surface area contributed by atoms with Crippen LogP contribution in [0.4, 0.5) is 0 Å². The van der Waals surface area contributed by atoms with E-state index in [2.05, 4.69) is 51.7 Å². The Morgan fingerprint density at radius 1 is 1.20 bits per heavy atom. The third-order valence-electron chi connectivity index (χ3n) is 2.20. The third kappa shape index (κ3) is 6.11. The molecular weight excluding hydrogens is 180 g/mol. The molecule has 0 saturated heterocycles. The molecule has 15 heavy (non-hydrogen) atoms. The summed E-state index contributed by atoms with van der Waals surface area (Å²) in [5.41, 5.74) is 3.89. The Bertz CT molecular complexity index is 274. The van der Waals surface area contributed by atoms with E-state index in [-0.39, 0.29) is 0 Å². The average Bonchev–Trinajstić information content (AvgIpc) is 2.19. The van der Waals surface area contributed by atoms with E-state index < -0.39 is 0 Å². The predicted octanol–water partition coefficient (Wildman–Crippen LogP) is 5.20. The highest BCUT2D eigenvalue weighted by Gasteiger charge is 1.99. The number of hydrogen-bond donors (Lipinski definition) is 0. The number of hydrogen-bond acceptors (Lipinski definition) is 0. The molecule has 0 aromatic carbocycles. The quantitative estimate of drug-likeness (QED) is 0.521. The molecular formula is C15H24. The molecule has 0 aromatic heterocycles. The summed E-state index contributed by atoms with van der Waals surface area (Å²) in [6, 6.07) is 0. The van der Waals surface area contributed by atoms with Crippen LogP contribution in [0.15, 0.2) is 47.6 Å². The van der Waals surface area contributed by atoms with Crippen LogP contribution in [0.5, 0.6) is 0 Å². The molecule has 0 N–H and O–H groups in total. The van der Waals surface area contributed by atoms with Gasteiger partial charge in [0.05, 0.1) is 0 Å². The van der Waals surface area contributed by atoms with Crippen molar-refractivity contribution in [3.8, 4) is 0 Å². The van der Waals surface area contributed by atoms with Crippen molar-refractivity contribution in [2.45, 2.75) is 47.0 Å². The Balaban J connectivity index is 4.77. The monoisotopic (exact) mass is 204 g/mol. The number of allylic oxidation sites excluding steroid dienone is 7. The lowest BCUT2D eigenvalue weighted by Crippen LogP contribution is -1.87. The maximum Gasteiger partial charge on any atom is -0.0270 e. The zero-order chi connectivity index (χ0) is 11.7. The van der Waals surface area contributed by atoms with Crippen LogP contribution in [0.25, 0.3) is 0 Å². The molecule has 0 aliphatic rings. The van der Waals surface area contributed by atoms with E-state index >= 15 is 0 Å². The zero-order valence-corrected chi connectivity index (χ0v) is 10.6. The lowest BCUT2D eigenvalue weighted by molar-refractivity contribution is 0.908. The Morgan fingerprint density at radius 3 is 2.27 bits per heavy atom. The van der Waals surface area contributed by atoms with Crippen molar-refractivity contribution in [1.29, 1.82) is 0 Å². The van der Waals surface area contributed by atoms with Crippen LogP contribution in [0, 0.1) is 0 Å². The van der Waals surface area contributed by atoms with Crippen LogP contribution in [-0.2, 0) is 0 Å². The van der Waals surface area contributed by atoms with Gasteiger partial charge >= 0.3 is 0 Å². The van der Waals surface area contributed by atoms with Crippen molar-refractivity contribution < 1.29 is 0 Å². The van der Waals surface area contributed by atoms with Crippen LogP contribution < -0.4 is 0 Å². The zero-order valence-electron chi connectivity index (χ0n) is 10.6. The standard InChI is InChI=1S/C15H24/c1-6-9-15(10-7-2)14(8-3)12-11-13(4)5/h8-9,11-12H,4,6-7,10H2,1-3,5H3/b12-11-,14-8+,15-9+. The molecule has 0 radical (unpaired) electrons. The van der Waals surface area contributed by atoms with Crippen molar-refractivity contribution in [1.82, 2.24) is 0 Å². The van der Waals surface area contributed by atoms with E-state index in [1.54, 1.807) is 0 Å². The Morgan fingerprint density at radius 2 is 1.87 bits per heavy atom. The molecule has 0 fully saturated rings. The summed E-state index contributed by atoms with van der Waals surface area (Å²) in [6.07, 6.45) is 12.2. The minimum Gasteiger partial charge on any atom is -0.0961 e. The summed E-state index contributed by atoms with van der Waals surface area (Å²) in [5.74, 6) is 0. The normalized spacial score (nSPS) is 13.6. The van der Waals surface area contributed by atoms with Gasteiger partial charge in [0.25, 0.3) is 0 Å². The van der Waals surface area contributed by atoms with Crippen molar-refractivity contribution >= 4 is 0 Å². The van der Waals surface area contributed by atoms with Gasteiger partial charge in [-0.25, -0.2) is 0 Å². The van der Waals surface area contributed by atoms with E-state index in [0.717, 1.165) is 18.4 Å². The lowest BCUT2D eigenvalue weighted by atomic mass is 9.99. The molecule has 0 aliphatic heterocycles. The van der Waals surface area contributed by atoms with Crippen LogP contribution >= 0.6 is 0 Å². The van der Waals surface area contributed by atoms with E-state index in [1.807, 2.05) is 6.92 Å². The number of rotatable bonds is 6. The molecule has 0 saturated carbocycles. The summed E-state index contributed by atoms with van der Waals surface area (Å²) in [7, 11) is 0. The smallest absolute Gasteiger partial charge is 0.0270 e. The van der Waals surface area contributed by atoms with Crippen molar-refractivity contribution in [2.75, 3.05) is 0 Å². The predicted molar refractivity (Wildman–Crippen MR) is 71.0 cm³/mol. The van der Waals surface area contributed by atoms with E-state index in [1.165, 1.54) is 17.6 Å². The first-order chi connectivity index (χ1) is 7.15. The highest BCUT2D eigenvalue weighted by Crippen LogP contribution is 2.18. The van der Waals surface area contributed by atoms with Crippen molar-refractivity contribution in [3.63, 3.8) is 0 Å². The minimum atomic E-state index is 1.10. The van der Waals surface area contributed by atoms with Crippen LogP contribution in [-0.4, -0.2) is 0 Å². The van der Waals surface area contributed by atoms with Crippen LogP contribution in [0.3, 0.4) is 0 Å².